The average molecular weight is 278 g/mol. The minimum atomic E-state index is 0.227. The summed E-state index contributed by atoms with van der Waals surface area (Å²) in [6, 6.07) is 0.429. The van der Waals surface area contributed by atoms with Gasteiger partial charge in [-0.05, 0) is 30.7 Å². The quantitative estimate of drug-likeness (QED) is 0.859. The molecule has 1 N–H and O–H groups in total. The largest absolute Gasteiger partial charge is 0.365 e. The van der Waals surface area contributed by atoms with Crippen LogP contribution in [0.4, 0.5) is 5.82 Å². The zero-order valence-corrected chi connectivity index (χ0v) is 11.2. The molecule has 1 saturated carbocycles. The lowest BCUT2D eigenvalue weighted by Gasteiger charge is -2.20. The Balaban J connectivity index is 2.11. The van der Waals surface area contributed by atoms with Gasteiger partial charge in [0.2, 0.25) is 5.28 Å². The summed E-state index contributed by atoms with van der Waals surface area (Å²) in [5.41, 5.74) is 0. The van der Waals surface area contributed by atoms with Gasteiger partial charge in [-0.15, -0.1) is 0 Å². The van der Waals surface area contributed by atoms with Crippen molar-refractivity contribution in [3.63, 3.8) is 0 Å². The van der Waals surface area contributed by atoms with E-state index in [2.05, 4.69) is 21.5 Å². The Bertz CT molecular complexity index is 375. The van der Waals surface area contributed by atoms with Crippen molar-refractivity contribution < 1.29 is 0 Å². The fraction of sp³-hybridized carbons (Fsp3) is 0.600. The molecule has 0 aromatic carbocycles. The monoisotopic (exact) mass is 277 g/mol. The second-order valence-electron chi connectivity index (χ2n) is 3.79. The van der Waals surface area contributed by atoms with Gasteiger partial charge in [-0.1, -0.05) is 18.0 Å². The van der Waals surface area contributed by atoms with E-state index in [0.717, 1.165) is 6.42 Å². The maximum absolute atomic E-state index is 6.01. The highest BCUT2D eigenvalue weighted by Gasteiger charge is 2.27. The molecule has 0 bridgehead atoms. The smallest absolute Gasteiger partial charge is 0.224 e. The minimum Gasteiger partial charge on any atom is -0.365 e. The molecule has 0 spiro atoms. The Labute approximate surface area is 109 Å². The summed E-state index contributed by atoms with van der Waals surface area (Å²) in [5.74, 6) is 0.646. The van der Waals surface area contributed by atoms with E-state index in [1.807, 2.05) is 11.8 Å². The third kappa shape index (κ3) is 2.73. The predicted molar refractivity (Wildman–Crippen MR) is 70.6 cm³/mol. The Hall–Kier alpha value is -0.190. The lowest BCUT2D eigenvalue weighted by atomic mass is 10.2. The van der Waals surface area contributed by atoms with Crippen LogP contribution in [0.15, 0.2) is 6.20 Å². The molecule has 1 fully saturated rings. The number of nitrogens with one attached hydrogen (secondary N) is 1. The summed E-state index contributed by atoms with van der Waals surface area (Å²) in [6.45, 7) is 0. The summed E-state index contributed by atoms with van der Waals surface area (Å²) in [6.07, 6.45) is 7.32. The number of hydrogen-bond donors (Lipinski definition) is 1. The van der Waals surface area contributed by atoms with Crippen molar-refractivity contribution in [1.29, 1.82) is 0 Å². The van der Waals surface area contributed by atoms with E-state index >= 15 is 0 Å². The zero-order valence-electron chi connectivity index (χ0n) is 8.91. The maximum atomic E-state index is 6.01. The molecule has 88 valence electrons. The molecular weight excluding hydrogens is 265 g/mol. The van der Waals surface area contributed by atoms with Crippen LogP contribution in [0.1, 0.15) is 19.3 Å². The first kappa shape index (κ1) is 12.3. The molecular formula is C10H13Cl2N3S. The van der Waals surface area contributed by atoms with Gasteiger partial charge in [0.25, 0.3) is 0 Å². The lowest BCUT2D eigenvalue weighted by molar-refractivity contribution is 0.762. The molecule has 0 saturated heterocycles. The van der Waals surface area contributed by atoms with Crippen molar-refractivity contribution in [3.8, 4) is 0 Å². The Morgan fingerprint density at radius 2 is 2.25 bits per heavy atom. The van der Waals surface area contributed by atoms with Gasteiger partial charge in [0.15, 0.2) is 0 Å². The molecule has 2 rings (SSSR count). The first-order valence-electron chi connectivity index (χ1n) is 5.18. The molecule has 2 atom stereocenters. The molecule has 1 heterocycles. The van der Waals surface area contributed by atoms with Crippen LogP contribution in [0.25, 0.3) is 0 Å². The van der Waals surface area contributed by atoms with Crippen LogP contribution in [0, 0.1) is 0 Å². The van der Waals surface area contributed by atoms with E-state index in [4.69, 9.17) is 23.2 Å². The first-order valence-corrected chi connectivity index (χ1v) is 7.22. The van der Waals surface area contributed by atoms with Crippen LogP contribution in [-0.2, 0) is 0 Å². The van der Waals surface area contributed by atoms with Gasteiger partial charge in [0.05, 0.1) is 6.20 Å². The number of rotatable bonds is 3. The number of nitrogens with zero attached hydrogens (tertiary/aromatic N) is 2. The van der Waals surface area contributed by atoms with E-state index in [1.165, 1.54) is 19.0 Å². The van der Waals surface area contributed by atoms with Crippen LogP contribution >= 0.6 is 35.0 Å². The van der Waals surface area contributed by atoms with E-state index in [0.29, 0.717) is 22.1 Å². The van der Waals surface area contributed by atoms with Crippen LogP contribution < -0.4 is 5.32 Å². The molecule has 0 amide bonds. The molecule has 0 aliphatic heterocycles. The lowest BCUT2D eigenvalue weighted by Crippen LogP contribution is -2.26. The number of anilines is 1. The Morgan fingerprint density at radius 3 is 3.00 bits per heavy atom. The molecule has 16 heavy (non-hydrogen) atoms. The summed E-state index contributed by atoms with van der Waals surface area (Å²) in [7, 11) is 0. The van der Waals surface area contributed by atoms with E-state index in [9.17, 15) is 0 Å². The van der Waals surface area contributed by atoms with Crippen molar-refractivity contribution in [3.05, 3.63) is 16.5 Å². The van der Waals surface area contributed by atoms with E-state index in [1.54, 1.807) is 0 Å². The first-order chi connectivity index (χ1) is 7.70. The standard InChI is InChI=1S/C10H13Cl2N3S/c1-16-8-4-2-3-7(8)14-9-6(11)5-13-10(12)15-9/h5,7-8H,2-4H2,1H3,(H,13,14,15). The van der Waals surface area contributed by atoms with E-state index in [-0.39, 0.29) is 5.28 Å². The second-order valence-corrected chi connectivity index (χ2v) is 5.61. The molecule has 3 nitrogen and oxygen atoms in total. The number of halogens is 2. The van der Waals surface area contributed by atoms with Crippen molar-refractivity contribution in [2.45, 2.75) is 30.6 Å². The summed E-state index contributed by atoms with van der Waals surface area (Å²) in [4.78, 5) is 7.94. The van der Waals surface area contributed by atoms with Crippen molar-refractivity contribution in [2.24, 2.45) is 0 Å². The summed E-state index contributed by atoms with van der Waals surface area (Å²) < 4.78 is 0. The molecule has 1 aromatic heterocycles. The predicted octanol–water partition coefficient (Wildman–Crippen LogP) is 3.48. The van der Waals surface area contributed by atoms with Gasteiger partial charge >= 0.3 is 0 Å². The molecule has 1 aliphatic carbocycles. The normalized spacial score (nSPS) is 24.7. The van der Waals surface area contributed by atoms with Crippen molar-refractivity contribution in [1.82, 2.24) is 9.97 Å². The Kier molecular flexibility index (Phi) is 4.16. The van der Waals surface area contributed by atoms with Crippen LogP contribution in [-0.4, -0.2) is 27.5 Å². The van der Waals surface area contributed by atoms with Gasteiger partial charge in [-0.3, -0.25) is 0 Å². The highest BCUT2D eigenvalue weighted by atomic mass is 35.5. The fourth-order valence-corrected chi connectivity index (χ4v) is 3.21. The number of aromatic nitrogens is 2. The highest BCUT2D eigenvalue weighted by molar-refractivity contribution is 7.99. The minimum absolute atomic E-state index is 0.227. The van der Waals surface area contributed by atoms with Gasteiger partial charge < -0.3 is 5.32 Å². The van der Waals surface area contributed by atoms with Gasteiger partial charge in [0, 0.05) is 11.3 Å². The topological polar surface area (TPSA) is 37.8 Å². The summed E-state index contributed by atoms with van der Waals surface area (Å²) >= 11 is 13.6. The highest BCUT2D eigenvalue weighted by Crippen LogP contribution is 2.32. The van der Waals surface area contributed by atoms with Crippen LogP contribution in [0.5, 0.6) is 0 Å². The second kappa shape index (κ2) is 5.43. The summed E-state index contributed by atoms with van der Waals surface area (Å²) in [5, 5.41) is 4.74. The maximum Gasteiger partial charge on any atom is 0.224 e. The fourth-order valence-electron chi connectivity index (χ4n) is 2.00. The van der Waals surface area contributed by atoms with Crippen LogP contribution in [0.2, 0.25) is 10.3 Å². The SMILES string of the molecule is CSC1CCCC1Nc1nc(Cl)ncc1Cl. The molecule has 0 radical (unpaired) electrons. The average Bonchev–Trinajstić information content (AvgIpc) is 2.71. The molecule has 1 aliphatic rings. The van der Waals surface area contributed by atoms with Crippen LogP contribution in [0.3, 0.4) is 0 Å². The number of thioether (sulfide) groups is 1. The third-order valence-corrected chi connectivity index (χ3v) is 4.42. The molecule has 6 heteroatoms. The van der Waals surface area contributed by atoms with Gasteiger partial charge in [-0.2, -0.15) is 16.7 Å². The van der Waals surface area contributed by atoms with Crippen molar-refractivity contribution >= 4 is 40.8 Å². The molecule has 2 unspecified atom stereocenters. The van der Waals surface area contributed by atoms with E-state index < -0.39 is 0 Å². The third-order valence-electron chi connectivity index (χ3n) is 2.79. The van der Waals surface area contributed by atoms with Crippen molar-refractivity contribution in [2.75, 3.05) is 11.6 Å². The van der Waals surface area contributed by atoms with Gasteiger partial charge in [-0.25, -0.2) is 4.98 Å². The van der Waals surface area contributed by atoms with Gasteiger partial charge in [0.1, 0.15) is 10.8 Å². The number of hydrogen-bond acceptors (Lipinski definition) is 4. The zero-order chi connectivity index (χ0) is 11.5. The molecule has 1 aromatic rings. The Morgan fingerprint density at radius 1 is 1.44 bits per heavy atom.